The van der Waals surface area contributed by atoms with Gasteiger partial charge in [-0.25, -0.2) is 30.7 Å². The molecule has 2 atom stereocenters. The molecule has 3 aliphatic heterocycles. The van der Waals surface area contributed by atoms with Gasteiger partial charge in [0.15, 0.2) is 17.7 Å². The molecule has 1 aromatic carbocycles. The minimum Gasteiger partial charge on any atom is -0.511 e. The summed E-state index contributed by atoms with van der Waals surface area (Å²) in [5.41, 5.74) is -0.123. The molecule has 0 saturated heterocycles. The van der Waals surface area contributed by atoms with Crippen molar-refractivity contribution in [3.8, 4) is 0 Å². The van der Waals surface area contributed by atoms with Crippen LogP contribution in [0.25, 0.3) is 0 Å². The average Bonchev–Trinajstić information content (AvgIpc) is 3.70. The van der Waals surface area contributed by atoms with Gasteiger partial charge in [-0.05, 0) is 34.9 Å². The van der Waals surface area contributed by atoms with Gasteiger partial charge in [-0.1, -0.05) is 25.5 Å². The Bertz CT molecular complexity index is 2710. The highest BCUT2D eigenvalue weighted by Crippen LogP contribution is 2.41. The summed E-state index contributed by atoms with van der Waals surface area (Å²) in [6.45, 7) is 0.516. The average molecular weight is 908 g/mol. The number of amidine groups is 2. The van der Waals surface area contributed by atoms with Crippen LogP contribution in [-0.4, -0.2) is 101 Å². The molecular formula is C31H34FN7O12S6. The van der Waals surface area contributed by atoms with E-state index in [1.54, 1.807) is 0 Å². The molecule has 5 N–H and O–H groups in total. The summed E-state index contributed by atoms with van der Waals surface area (Å²) in [6.07, 6.45) is 2.57. The standard InChI is InChI=1S/C31H34FN7O12S6/c1-4-5-20-10-21(40)22(30(41)38(20)12-16-6-8-19(32)9-7-16)26-34-29-25(57(50,51)36-26)18(15-53-29)13-39(55(3,46)47)23(31(42)43)27-35-28-24(56(48,49)37-27)17(14-52-28)11-33-54(2,44)45/h6-9,14-15,20,23,33,40H,4-5,10-13H2,1-3H3,(H,34,36)(H,35,37)(H,42,43). The fourth-order valence-electron chi connectivity index (χ4n) is 6.41. The van der Waals surface area contributed by atoms with Gasteiger partial charge < -0.3 is 25.7 Å². The zero-order valence-electron chi connectivity index (χ0n) is 30.0. The number of hydrogen-bond donors (Lipinski definition) is 5. The SMILES string of the molecule is CCCC1CC(O)=C(C2=NS(=O)(=O)c3c(CN(C(C(=O)O)C4=NS(=O)(=O)c5c(CNS(C)(=O)=O)csc5N4)S(C)(=O)=O)csc3N2)C(=O)N1Cc1ccc(F)cc1. The number of carbonyl (C=O) groups is 2. The number of anilines is 2. The molecule has 6 rings (SSSR count). The molecule has 0 fully saturated rings. The highest BCUT2D eigenvalue weighted by Gasteiger charge is 2.44. The van der Waals surface area contributed by atoms with Crippen molar-refractivity contribution in [2.45, 2.75) is 67.7 Å². The number of aliphatic carboxylic acids is 1. The molecule has 26 heteroatoms. The third-order valence-electron chi connectivity index (χ3n) is 8.87. The lowest BCUT2D eigenvalue weighted by atomic mass is 9.95. The number of aliphatic hydroxyl groups is 1. The summed E-state index contributed by atoms with van der Waals surface area (Å²) >= 11 is 1.52. The molecule has 3 aliphatic rings. The van der Waals surface area contributed by atoms with Gasteiger partial charge in [0.1, 0.15) is 36.9 Å². The number of carboxylic acid groups (broad SMARTS) is 1. The van der Waals surface area contributed by atoms with Crippen molar-refractivity contribution in [2.24, 2.45) is 8.80 Å². The number of nitrogens with one attached hydrogen (secondary N) is 3. The van der Waals surface area contributed by atoms with E-state index in [9.17, 15) is 57.9 Å². The van der Waals surface area contributed by atoms with Crippen molar-refractivity contribution in [1.82, 2.24) is 13.9 Å². The first kappa shape index (κ1) is 42.3. The largest absolute Gasteiger partial charge is 0.511 e. The Kier molecular flexibility index (Phi) is 11.5. The van der Waals surface area contributed by atoms with E-state index in [1.165, 1.54) is 39.9 Å². The Labute approximate surface area is 334 Å². The third-order valence-corrected chi connectivity index (χ3v) is 15.7. The molecule has 57 heavy (non-hydrogen) atoms. The summed E-state index contributed by atoms with van der Waals surface area (Å²) in [7, 11) is -17.9. The normalized spacial score (nSPS) is 19.6. The Morgan fingerprint density at radius 1 is 1.02 bits per heavy atom. The number of hydrogen-bond acceptors (Lipinski definition) is 15. The predicted octanol–water partition coefficient (Wildman–Crippen LogP) is 2.35. The summed E-state index contributed by atoms with van der Waals surface area (Å²) in [5.74, 6) is -4.89. The molecule has 0 radical (unpaired) electrons. The van der Waals surface area contributed by atoms with E-state index in [4.69, 9.17) is 0 Å². The lowest BCUT2D eigenvalue weighted by Crippen LogP contribution is -2.52. The second-order valence-electron chi connectivity index (χ2n) is 13.1. The Morgan fingerprint density at radius 2 is 1.61 bits per heavy atom. The van der Waals surface area contributed by atoms with E-state index in [0.29, 0.717) is 29.0 Å². The highest BCUT2D eigenvalue weighted by molar-refractivity contribution is 7.91. The first-order valence-corrected chi connectivity index (χ1v) is 25.0. The van der Waals surface area contributed by atoms with Gasteiger partial charge in [0, 0.05) is 43.2 Å². The molecule has 0 saturated carbocycles. The van der Waals surface area contributed by atoms with Crippen molar-refractivity contribution < 1.29 is 57.9 Å². The molecule has 19 nitrogen and oxygen atoms in total. The Hall–Kier alpha value is -4.31. The molecule has 0 aliphatic carbocycles. The number of benzene rings is 1. The Morgan fingerprint density at radius 3 is 2.21 bits per heavy atom. The number of fused-ring (bicyclic) bond motifs is 2. The number of carboxylic acids is 1. The summed E-state index contributed by atoms with van der Waals surface area (Å²) in [5, 5.41) is 28.9. The first-order chi connectivity index (χ1) is 26.5. The van der Waals surface area contributed by atoms with E-state index in [2.05, 4.69) is 24.2 Å². The van der Waals surface area contributed by atoms with Crippen LogP contribution in [0, 0.1) is 5.82 Å². The van der Waals surface area contributed by atoms with Crippen LogP contribution in [0.3, 0.4) is 0 Å². The van der Waals surface area contributed by atoms with E-state index in [0.717, 1.165) is 28.9 Å². The van der Waals surface area contributed by atoms with E-state index >= 15 is 0 Å². The van der Waals surface area contributed by atoms with Gasteiger partial charge in [-0.15, -0.1) is 31.5 Å². The van der Waals surface area contributed by atoms with Crippen LogP contribution < -0.4 is 15.4 Å². The zero-order valence-corrected chi connectivity index (χ0v) is 34.9. The molecule has 2 aromatic heterocycles. The summed E-state index contributed by atoms with van der Waals surface area (Å²) < 4.78 is 127. The van der Waals surface area contributed by atoms with Crippen LogP contribution in [0.15, 0.2) is 64.9 Å². The number of nitrogens with zero attached hydrogens (tertiary/aromatic N) is 4. The van der Waals surface area contributed by atoms with Gasteiger partial charge in [0.2, 0.25) is 20.0 Å². The number of halogens is 1. The molecule has 1 amide bonds. The van der Waals surface area contributed by atoms with E-state index in [1.807, 2.05) is 6.92 Å². The number of amides is 1. The maximum absolute atomic E-state index is 14.0. The molecule has 2 unspecified atom stereocenters. The molecule has 5 heterocycles. The lowest BCUT2D eigenvalue weighted by molar-refractivity contribution is -0.139. The van der Waals surface area contributed by atoms with E-state index < -0.39 is 116 Å². The molecule has 308 valence electrons. The van der Waals surface area contributed by atoms with Crippen LogP contribution in [0.1, 0.15) is 42.9 Å². The minimum absolute atomic E-state index is 0.00882. The van der Waals surface area contributed by atoms with Gasteiger partial charge in [0.05, 0.1) is 12.5 Å². The second kappa shape index (κ2) is 15.5. The lowest BCUT2D eigenvalue weighted by Gasteiger charge is -2.37. The van der Waals surface area contributed by atoms with Crippen LogP contribution in [-0.2, 0) is 69.3 Å². The summed E-state index contributed by atoms with van der Waals surface area (Å²) in [6, 6.07) is 2.62. The fraction of sp³-hybridized carbons (Fsp3) is 0.355. The molecular weight excluding hydrogens is 874 g/mol. The smallest absolute Gasteiger partial charge is 0.329 e. The quantitative estimate of drug-likeness (QED) is 0.155. The van der Waals surface area contributed by atoms with Crippen molar-refractivity contribution >= 4 is 96.3 Å². The van der Waals surface area contributed by atoms with Gasteiger partial charge >= 0.3 is 5.97 Å². The topological polar surface area (TPSA) is 278 Å². The number of thiophene rings is 2. The van der Waals surface area contributed by atoms with Gasteiger partial charge in [-0.3, -0.25) is 4.79 Å². The summed E-state index contributed by atoms with van der Waals surface area (Å²) in [4.78, 5) is 27.1. The number of rotatable bonds is 14. The van der Waals surface area contributed by atoms with Gasteiger partial charge in [-0.2, -0.15) is 21.1 Å². The molecule has 0 spiro atoms. The fourth-order valence-corrected chi connectivity index (χ4v) is 13.0. The molecule has 3 aromatic rings. The minimum atomic E-state index is -4.79. The van der Waals surface area contributed by atoms with Crippen LogP contribution in [0.2, 0.25) is 0 Å². The second-order valence-corrected chi connectivity index (χ2v) is 21.7. The van der Waals surface area contributed by atoms with Crippen LogP contribution in [0.5, 0.6) is 0 Å². The van der Waals surface area contributed by atoms with Crippen molar-refractivity contribution in [1.29, 1.82) is 0 Å². The Balaban J connectivity index is 1.32. The van der Waals surface area contributed by atoms with Crippen LogP contribution >= 0.6 is 22.7 Å². The van der Waals surface area contributed by atoms with Gasteiger partial charge in [0.25, 0.3) is 26.0 Å². The van der Waals surface area contributed by atoms with Crippen molar-refractivity contribution in [2.75, 3.05) is 23.1 Å². The third kappa shape index (κ3) is 8.76. The number of aliphatic hydroxyl groups excluding tert-OH is 1. The number of carbonyl (C=O) groups excluding carboxylic acids is 1. The monoisotopic (exact) mass is 907 g/mol. The maximum Gasteiger partial charge on any atom is 0.329 e. The number of sulfonamides is 4. The van der Waals surface area contributed by atoms with Crippen molar-refractivity contribution in [3.05, 3.63) is 68.9 Å². The maximum atomic E-state index is 14.0. The zero-order chi connectivity index (χ0) is 41.8. The molecule has 0 bridgehead atoms. The first-order valence-electron chi connectivity index (χ1n) is 16.6. The van der Waals surface area contributed by atoms with E-state index in [-0.39, 0.29) is 34.1 Å². The highest BCUT2D eigenvalue weighted by atomic mass is 32.2. The predicted molar refractivity (Wildman–Crippen MR) is 209 cm³/mol. The van der Waals surface area contributed by atoms with Crippen molar-refractivity contribution in [3.63, 3.8) is 0 Å². The van der Waals surface area contributed by atoms with Crippen LogP contribution in [0.4, 0.5) is 14.4 Å².